The van der Waals surface area contributed by atoms with E-state index in [1.807, 2.05) is 25.1 Å². The highest BCUT2D eigenvalue weighted by Crippen LogP contribution is 2.34. The molecule has 108 valence electrons. The number of aryl methyl sites for hydroxylation is 1. The number of nitrogens with two attached hydrogens (primary N) is 1. The van der Waals surface area contributed by atoms with Crippen LogP contribution in [0.5, 0.6) is 11.5 Å². The smallest absolute Gasteiger partial charge is 0.130 e. The Morgan fingerprint density at radius 3 is 2.52 bits per heavy atom. The normalized spacial score (nSPS) is 10.5. The first kappa shape index (κ1) is 15.2. The minimum Gasteiger partial charge on any atom is -0.457 e. The number of anilines is 1. The van der Waals surface area contributed by atoms with E-state index in [4.69, 9.17) is 27.3 Å². The summed E-state index contributed by atoms with van der Waals surface area (Å²) in [7, 11) is 0. The third-order valence-electron chi connectivity index (χ3n) is 3.29. The molecule has 0 radical (unpaired) electrons. The maximum Gasteiger partial charge on any atom is 0.130 e. The second-order valence-corrected chi connectivity index (χ2v) is 5.66. The topological polar surface area (TPSA) is 59.0 Å². The van der Waals surface area contributed by atoms with E-state index < -0.39 is 0 Å². The van der Waals surface area contributed by atoms with Crippen LogP contribution in [0.15, 0.2) is 30.3 Å². The van der Waals surface area contributed by atoms with Gasteiger partial charge in [0.2, 0.25) is 0 Å². The molecule has 0 atom stereocenters. The highest BCUT2D eigenvalue weighted by atomic mass is 35.5. The van der Waals surface area contributed by atoms with Gasteiger partial charge in [-0.15, -0.1) is 0 Å². The van der Waals surface area contributed by atoms with Crippen molar-refractivity contribution in [1.82, 2.24) is 0 Å². The van der Waals surface area contributed by atoms with Gasteiger partial charge in [-0.3, -0.25) is 0 Å². The minimum absolute atomic E-state index is 0.312. The van der Waals surface area contributed by atoms with Crippen molar-refractivity contribution < 1.29 is 4.74 Å². The Kier molecular flexibility index (Phi) is 4.40. The number of nitriles is 1. The lowest BCUT2D eigenvalue weighted by atomic mass is 10.0. The van der Waals surface area contributed by atoms with Crippen molar-refractivity contribution in [3.8, 4) is 17.6 Å². The molecule has 0 aliphatic rings. The zero-order chi connectivity index (χ0) is 15.6. The number of halogens is 1. The zero-order valence-corrected chi connectivity index (χ0v) is 13.0. The van der Waals surface area contributed by atoms with Crippen LogP contribution in [-0.4, -0.2) is 0 Å². The molecule has 0 fully saturated rings. The summed E-state index contributed by atoms with van der Waals surface area (Å²) in [5, 5.41) is 9.63. The van der Waals surface area contributed by atoms with Gasteiger partial charge in [0.25, 0.3) is 0 Å². The molecule has 2 rings (SSSR count). The summed E-state index contributed by atoms with van der Waals surface area (Å²) in [6.45, 7) is 6.11. The summed E-state index contributed by atoms with van der Waals surface area (Å²) in [6, 6.07) is 10.9. The first-order valence-corrected chi connectivity index (χ1v) is 7.07. The lowest BCUT2D eigenvalue weighted by Crippen LogP contribution is -1.96. The summed E-state index contributed by atoms with van der Waals surface area (Å²) >= 11 is 6.25. The summed E-state index contributed by atoms with van der Waals surface area (Å²) in [6.07, 6.45) is 0. The van der Waals surface area contributed by atoms with Crippen LogP contribution in [0.25, 0.3) is 0 Å². The van der Waals surface area contributed by atoms with Crippen molar-refractivity contribution in [3.63, 3.8) is 0 Å². The van der Waals surface area contributed by atoms with E-state index in [1.54, 1.807) is 18.2 Å². The molecule has 0 amide bonds. The quantitative estimate of drug-likeness (QED) is 0.810. The first-order chi connectivity index (χ1) is 9.92. The Morgan fingerprint density at radius 1 is 1.24 bits per heavy atom. The van der Waals surface area contributed by atoms with E-state index in [0.29, 0.717) is 22.9 Å². The summed E-state index contributed by atoms with van der Waals surface area (Å²) in [5.41, 5.74) is 8.64. The summed E-state index contributed by atoms with van der Waals surface area (Å²) in [5.74, 6) is 1.66. The maximum absolute atomic E-state index is 8.89. The predicted octanol–water partition coefficient (Wildman–Crippen LogP) is 5.02. The second kappa shape index (κ2) is 6.07. The maximum atomic E-state index is 8.89. The molecule has 0 aromatic heterocycles. The van der Waals surface area contributed by atoms with Crippen molar-refractivity contribution in [3.05, 3.63) is 52.0 Å². The molecule has 0 spiro atoms. The molecule has 0 bridgehead atoms. The Morgan fingerprint density at radius 2 is 1.95 bits per heavy atom. The number of hydrogen-bond donors (Lipinski definition) is 1. The van der Waals surface area contributed by atoms with Crippen molar-refractivity contribution in [2.75, 3.05) is 5.73 Å². The van der Waals surface area contributed by atoms with Gasteiger partial charge in [-0.25, -0.2) is 0 Å². The SMILES string of the molecule is Cc1cc(Cl)c(C(C)C)cc1Oc1ccc(C#N)c(N)c1. The Balaban J connectivity index is 2.38. The van der Waals surface area contributed by atoms with E-state index in [-0.39, 0.29) is 0 Å². The van der Waals surface area contributed by atoms with Gasteiger partial charge in [-0.1, -0.05) is 25.4 Å². The lowest BCUT2D eigenvalue weighted by molar-refractivity contribution is 0.478. The van der Waals surface area contributed by atoms with Gasteiger partial charge in [0.1, 0.15) is 17.6 Å². The van der Waals surface area contributed by atoms with Gasteiger partial charge in [0, 0.05) is 11.1 Å². The van der Waals surface area contributed by atoms with Crippen molar-refractivity contribution in [1.29, 1.82) is 5.26 Å². The Bertz CT molecular complexity index is 717. The van der Waals surface area contributed by atoms with Crippen LogP contribution in [-0.2, 0) is 0 Å². The van der Waals surface area contributed by atoms with Crippen LogP contribution in [0.1, 0.15) is 36.5 Å². The fourth-order valence-corrected chi connectivity index (χ4v) is 2.49. The molecule has 3 nitrogen and oxygen atoms in total. The van der Waals surface area contributed by atoms with Crippen molar-refractivity contribution in [2.24, 2.45) is 0 Å². The molecule has 0 aliphatic carbocycles. The molecule has 0 saturated carbocycles. The number of benzene rings is 2. The zero-order valence-electron chi connectivity index (χ0n) is 12.3. The third kappa shape index (κ3) is 3.29. The van der Waals surface area contributed by atoms with E-state index >= 15 is 0 Å². The van der Waals surface area contributed by atoms with Crippen LogP contribution in [0.3, 0.4) is 0 Å². The molecule has 0 aliphatic heterocycles. The highest BCUT2D eigenvalue weighted by molar-refractivity contribution is 6.31. The largest absolute Gasteiger partial charge is 0.457 e. The number of ether oxygens (including phenoxy) is 1. The second-order valence-electron chi connectivity index (χ2n) is 5.26. The van der Waals surface area contributed by atoms with Gasteiger partial charge in [-0.2, -0.15) is 5.26 Å². The molecular formula is C17H17ClN2O. The molecule has 0 saturated heterocycles. The van der Waals surface area contributed by atoms with E-state index in [0.717, 1.165) is 21.9 Å². The molecule has 21 heavy (non-hydrogen) atoms. The molecular weight excluding hydrogens is 284 g/mol. The molecule has 0 heterocycles. The summed E-state index contributed by atoms with van der Waals surface area (Å²) in [4.78, 5) is 0. The molecule has 2 aromatic rings. The Labute approximate surface area is 129 Å². The number of rotatable bonds is 3. The van der Waals surface area contributed by atoms with Crippen LogP contribution in [0, 0.1) is 18.3 Å². The number of nitrogen functional groups attached to an aromatic ring is 1. The van der Waals surface area contributed by atoms with Crippen LogP contribution in [0.2, 0.25) is 5.02 Å². The first-order valence-electron chi connectivity index (χ1n) is 6.70. The Hall–Kier alpha value is -2.18. The monoisotopic (exact) mass is 300 g/mol. The average Bonchev–Trinajstić information content (AvgIpc) is 2.41. The van der Waals surface area contributed by atoms with Gasteiger partial charge in [0.05, 0.1) is 11.3 Å². The highest BCUT2D eigenvalue weighted by Gasteiger charge is 2.11. The van der Waals surface area contributed by atoms with Crippen LogP contribution >= 0.6 is 11.6 Å². The standard InChI is InChI=1S/C17H17ClN2O/c1-10(2)14-8-17(11(3)6-15(14)18)21-13-5-4-12(9-19)16(20)7-13/h4-8,10H,20H2,1-3H3. The van der Waals surface area contributed by atoms with Gasteiger partial charge in [0.15, 0.2) is 0 Å². The van der Waals surface area contributed by atoms with Gasteiger partial charge >= 0.3 is 0 Å². The average molecular weight is 301 g/mol. The fraction of sp³-hybridized carbons (Fsp3) is 0.235. The lowest BCUT2D eigenvalue weighted by Gasteiger charge is -2.15. The number of hydrogen-bond acceptors (Lipinski definition) is 3. The molecule has 2 aromatic carbocycles. The molecule has 4 heteroatoms. The van der Waals surface area contributed by atoms with E-state index in [1.165, 1.54) is 0 Å². The predicted molar refractivity (Wildman–Crippen MR) is 85.9 cm³/mol. The van der Waals surface area contributed by atoms with Crippen LogP contribution < -0.4 is 10.5 Å². The van der Waals surface area contributed by atoms with Crippen LogP contribution in [0.4, 0.5) is 5.69 Å². The van der Waals surface area contributed by atoms with Crippen molar-refractivity contribution >= 4 is 17.3 Å². The van der Waals surface area contributed by atoms with E-state index in [2.05, 4.69) is 13.8 Å². The molecule has 0 unspecified atom stereocenters. The third-order valence-corrected chi connectivity index (χ3v) is 3.61. The van der Waals surface area contributed by atoms with Gasteiger partial charge < -0.3 is 10.5 Å². The molecule has 2 N–H and O–H groups in total. The van der Waals surface area contributed by atoms with E-state index in [9.17, 15) is 0 Å². The number of nitrogens with zero attached hydrogens (tertiary/aromatic N) is 1. The summed E-state index contributed by atoms with van der Waals surface area (Å²) < 4.78 is 5.89. The van der Waals surface area contributed by atoms with Gasteiger partial charge in [-0.05, 0) is 48.2 Å². The fourth-order valence-electron chi connectivity index (χ4n) is 2.05. The van der Waals surface area contributed by atoms with Crippen molar-refractivity contribution in [2.45, 2.75) is 26.7 Å². The minimum atomic E-state index is 0.312.